The molecule has 0 saturated carbocycles. The normalized spacial score (nSPS) is 12.7. The van der Waals surface area contributed by atoms with Crippen molar-refractivity contribution in [1.29, 1.82) is 0 Å². The summed E-state index contributed by atoms with van der Waals surface area (Å²) in [7, 11) is -3.67. The summed E-state index contributed by atoms with van der Waals surface area (Å²) in [5, 5.41) is 0. The van der Waals surface area contributed by atoms with Gasteiger partial charge in [0.1, 0.15) is 0 Å². The number of unbranched alkanes of at least 4 members (excludes halogenated alkanes) is 4. The highest BCUT2D eigenvalue weighted by atomic mass is 35.6. The average molecular weight is 438 g/mol. The van der Waals surface area contributed by atoms with Gasteiger partial charge >= 0.3 is 0 Å². The van der Waals surface area contributed by atoms with Crippen molar-refractivity contribution in [3.05, 3.63) is 12.1 Å². The Morgan fingerprint density at radius 1 is 0.640 bits per heavy atom. The molecule has 25 heavy (non-hydrogen) atoms. The molecule has 146 valence electrons. The molecule has 1 aromatic heterocycles. The Bertz CT molecular complexity index is 420. The van der Waals surface area contributed by atoms with Crippen LogP contribution in [0.15, 0.2) is 12.1 Å². The van der Waals surface area contributed by atoms with Gasteiger partial charge in [-0.25, -0.2) is 0 Å². The van der Waals surface area contributed by atoms with Crippen LogP contribution >= 0.6 is 33.5 Å². The number of halogens is 2. The molecule has 0 nitrogen and oxygen atoms in total. The molecule has 0 saturated heterocycles. The van der Waals surface area contributed by atoms with E-state index in [9.17, 15) is 0 Å². The summed E-state index contributed by atoms with van der Waals surface area (Å²) >= 11 is 16.6. The molecule has 0 aromatic carbocycles. The van der Waals surface area contributed by atoms with E-state index in [0.29, 0.717) is 0 Å². The second-order valence-corrected chi connectivity index (χ2v) is 20.6. The van der Waals surface area contributed by atoms with Crippen molar-refractivity contribution in [3.63, 3.8) is 0 Å². The van der Waals surface area contributed by atoms with E-state index in [1.54, 1.807) is 0 Å². The first kappa shape index (κ1) is 23.8. The highest BCUT2D eigenvalue weighted by Gasteiger charge is 2.38. The molecule has 0 aliphatic rings. The Kier molecular flexibility index (Phi) is 11.6. The van der Waals surface area contributed by atoms with Gasteiger partial charge in [-0.05, 0) is 24.2 Å². The van der Waals surface area contributed by atoms with E-state index in [1.165, 1.54) is 84.5 Å². The summed E-state index contributed by atoms with van der Waals surface area (Å²) < 4.78 is 3.02. The molecule has 0 aliphatic carbocycles. The summed E-state index contributed by atoms with van der Waals surface area (Å²) in [5.74, 6) is 0. The summed E-state index contributed by atoms with van der Waals surface area (Å²) in [4.78, 5) is 0. The highest BCUT2D eigenvalue weighted by Crippen LogP contribution is 2.31. The van der Waals surface area contributed by atoms with Gasteiger partial charge in [-0.2, -0.15) is 33.5 Å². The maximum atomic E-state index is 7.32. The maximum Gasteiger partial charge on any atom is 0.197 e. The van der Waals surface area contributed by atoms with Crippen molar-refractivity contribution >= 4 is 57.3 Å². The van der Waals surface area contributed by atoms with Gasteiger partial charge in [-0.3, -0.25) is 0 Å². The molecule has 0 unspecified atom stereocenters. The molecule has 0 fully saturated rings. The third-order valence-corrected chi connectivity index (χ3v) is 19.7. The fourth-order valence-electron chi connectivity index (χ4n) is 3.39. The van der Waals surface area contributed by atoms with E-state index >= 15 is 0 Å². The fourth-order valence-corrected chi connectivity index (χ4v) is 16.1. The van der Waals surface area contributed by atoms with Crippen LogP contribution in [-0.2, 0) is 0 Å². The largest absolute Gasteiger partial charge is 0.197 e. The third kappa shape index (κ3) is 7.33. The first-order valence-corrected chi connectivity index (χ1v) is 18.1. The lowest BCUT2D eigenvalue weighted by Gasteiger charge is -2.25. The van der Waals surface area contributed by atoms with Crippen molar-refractivity contribution in [3.8, 4) is 0 Å². The molecular weight excluding hydrogens is 399 g/mol. The van der Waals surface area contributed by atoms with E-state index in [-0.39, 0.29) is 0 Å². The molecule has 1 rings (SSSR count). The van der Waals surface area contributed by atoms with Crippen LogP contribution in [0.2, 0.25) is 24.2 Å². The lowest BCUT2D eigenvalue weighted by atomic mass is 10.4. The predicted octanol–water partition coefficient (Wildman–Crippen LogP) is 7.73. The minimum absolute atomic E-state index is 1.23. The number of rotatable bonds is 14. The maximum absolute atomic E-state index is 7.32. The van der Waals surface area contributed by atoms with E-state index in [0.717, 1.165) is 0 Å². The molecule has 1 aromatic rings. The zero-order chi connectivity index (χ0) is 18.8. The highest BCUT2D eigenvalue weighted by molar-refractivity contribution is 7.48. The van der Waals surface area contributed by atoms with Crippen molar-refractivity contribution in [1.82, 2.24) is 0 Å². The Morgan fingerprint density at radius 2 is 0.920 bits per heavy atom. The van der Waals surface area contributed by atoms with E-state index < -0.39 is 14.8 Å². The number of thiophene rings is 1. The predicted molar refractivity (Wildman–Crippen MR) is 126 cm³/mol. The van der Waals surface area contributed by atoms with Crippen LogP contribution < -0.4 is 9.00 Å². The van der Waals surface area contributed by atoms with Crippen LogP contribution in [0.5, 0.6) is 0 Å². The zero-order valence-electron chi connectivity index (χ0n) is 16.8. The molecule has 0 atom stereocenters. The van der Waals surface area contributed by atoms with Gasteiger partial charge in [-0.1, -0.05) is 91.2 Å². The molecule has 1 heterocycles. The van der Waals surface area contributed by atoms with Gasteiger partial charge in [0.15, 0.2) is 14.8 Å². The standard InChI is InChI=1S/C20H38Cl2SSi2/c1-5-9-15-24(21,16-10-6-2)19-13-14-20(23-19)25(22,17-11-7-3)18-12-8-4/h13-14H,5-12,15-18H2,1-4H3. The Hall–Kier alpha value is 0.714. The van der Waals surface area contributed by atoms with Gasteiger partial charge in [0.25, 0.3) is 0 Å². The van der Waals surface area contributed by atoms with Crippen LogP contribution in [-0.4, -0.2) is 14.8 Å². The summed E-state index contributed by atoms with van der Waals surface area (Å²) in [6.45, 7) is 9.10. The molecule has 0 bridgehead atoms. The Balaban J connectivity index is 3.04. The van der Waals surface area contributed by atoms with E-state index in [1.807, 2.05) is 11.3 Å². The van der Waals surface area contributed by atoms with Gasteiger partial charge in [-0.15, -0.1) is 0 Å². The molecule has 0 N–H and O–H groups in total. The second kappa shape index (κ2) is 12.2. The van der Waals surface area contributed by atoms with Crippen LogP contribution in [0.25, 0.3) is 0 Å². The van der Waals surface area contributed by atoms with Crippen LogP contribution in [0.3, 0.4) is 0 Å². The SMILES string of the molecule is CCCC[Si](Cl)(CCCC)c1ccc([Si](Cl)(CCCC)CCCC)s1. The fraction of sp³-hybridized carbons (Fsp3) is 0.800. The molecule has 0 aliphatic heterocycles. The molecule has 0 amide bonds. The van der Waals surface area contributed by atoms with Gasteiger partial charge in [0, 0.05) is 9.00 Å². The molecule has 0 radical (unpaired) electrons. The topological polar surface area (TPSA) is 0 Å². The minimum atomic E-state index is -1.83. The molecule has 0 spiro atoms. The monoisotopic (exact) mass is 436 g/mol. The summed E-state index contributed by atoms with van der Waals surface area (Å²) in [5.41, 5.74) is 0. The second-order valence-electron chi connectivity index (χ2n) is 7.51. The summed E-state index contributed by atoms with van der Waals surface area (Å²) in [6.07, 6.45) is 10.0. The first-order valence-electron chi connectivity index (χ1n) is 10.4. The van der Waals surface area contributed by atoms with E-state index in [2.05, 4.69) is 39.8 Å². The van der Waals surface area contributed by atoms with Crippen LogP contribution in [0.1, 0.15) is 79.1 Å². The Morgan fingerprint density at radius 3 is 1.16 bits per heavy atom. The zero-order valence-corrected chi connectivity index (χ0v) is 21.1. The van der Waals surface area contributed by atoms with Gasteiger partial charge in [0.2, 0.25) is 0 Å². The van der Waals surface area contributed by atoms with E-state index in [4.69, 9.17) is 22.2 Å². The van der Waals surface area contributed by atoms with Gasteiger partial charge < -0.3 is 0 Å². The van der Waals surface area contributed by atoms with Crippen LogP contribution in [0, 0.1) is 0 Å². The minimum Gasteiger partial charge on any atom is -0.160 e. The average Bonchev–Trinajstić information content (AvgIpc) is 3.13. The number of hydrogen-bond acceptors (Lipinski definition) is 1. The van der Waals surface area contributed by atoms with Crippen molar-refractivity contribution in [2.24, 2.45) is 0 Å². The van der Waals surface area contributed by atoms with Crippen molar-refractivity contribution in [2.45, 2.75) is 103 Å². The molecule has 5 heteroatoms. The van der Waals surface area contributed by atoms with Crippen molar-refractivity contribution < 1.29 is 0 Å². The third-order valence-electron chi connectivity index (χ3n) is 5.20. The van der Waals surface area contributed by atoms with Crippen molar-refractivity contribution in [2.75, 3.05) is 0 Å². The lowest BCUT2D eigenvalue weighted by molar-refractivity contribution is 0.842. The lowest BCUT2D eigenvalue weighted by Crippen LogP contribution is -2.42. The summed E-state index contributed by atoms with van der Waals surface area (Å²) in [6, 6.07) is 9.65. The molecular formula is C20H38Cl2SSi2. The van der Waals surface area contributed by atoms with Gasteiger partial charge in [0.05, 0.1) is 0 Å². The van der Waals surface area contributed by atoms with Crippen LogP contribution in [0.4, 0.5) is 0 Å². The first-order chi connectivity index (χ1) is 12.0. The smallest absolute Gasteiger partial charge is 0.160 e. The number of hydrogen-bond donors (Lipinski definition) is 0. The quantitative estimate of drug-likeness (QED) is 0.206. The Labute approximate surface area is 172 Å².